The number of amides is 2. The summed E-state index contributed by atoms with van der Waals surface area (Å²) in [6, 6.07) is 6.24. The molecule has 8 heteroatoms. The van der Waals surface area contributed by atoms with Gasteiger partial charge in [-0.3, -0.25) is 19.6 Å². The number of aryl methyl sites for hydroxylation is 2. The molecule has 3 N–H and O–H groups in total. The summed E-state index contributed by atoms with van der Waals surface area (Å²) in [5.41, 5.74) is 7.76. The largest absolute Gasteiger partial charge is 0.496 e. The Morgan fingerprint density at radius 1 is 0.953 bits per heavy atom. The molecular formula is C35H45N5O3. The van der Waals surface area contributed by atoms with Crippen LogP contribution in [0.15, 0.2) is 36.7 Å². The van der Waals surface area contributed by atoms with E-state index in [0.29, 0.717) is 30.2 Å². The molecule has 2 aromatic heterocycles. The van der Waals surface area contributed by atoms with Gasteiger partial charge in [-0.2, -0.15) is 0 Å². The van der Waals surface area contributed by atoms with Gasteiger partial charge in [0, 0.05) is 73.6 Å². The SMILES string of the molecule is CNc1c(C)cnc(CC(Cc2ncc(C)c(OC)c2C)(C(=O)NCc2ccc3c(c2)C=CC3)C(=O)NCC(C)C)c1C. The number of allylic oxidation sites excluding steroid dienone is 1. The number of methoxy groups -OCH3 is 1. The summed E-state index contributed by atoms with van der Waals surface area (Å²) in [5, 5.41) is 9.48. The number of benzene rings is 1. The maximum Gasteiger partial charge on any atom is 0.236 e. The van der Waals surface area contributed by atoms with Crippen LogP contribution >= 0.6 is 0 Å². The molecular weight excluding hydrogens is 538 g/mol. The van der Waals surface area contributed by atoms with Crippen molar-refractivity contribution in [1.82, 2.24) is 20.6 Å². The Balaban J connectivity index is 1.82. The molecule has 2 heterocycles. The highest BCUT2D eigenvalue weighted by molar-refractivity contribution is 6.05. The predicted octanol–water partition coefficient (Wildman–Crippen LogP) is 5.19. The lowest BCUT2D eigenvalue weighted by Crippen LogP contribution is -2.55. The fraction of sp³-hybridized carbons (Fsp3) is 0.429. The molecule has 1 aliphatic carbocycles. The van der Waals surface area contributed by atoms with Crippen LogP contribution in [-0.2, 0) is 35.4 Å². The van der Waals surface area contributed by atoms with Gasteiger partial charge in [0.2, 0.25) is 11.8 Å². The zero-order valence-corrected chi connectivity index (χ0v) is 26.8. The molecule has 0 aliphatic heterocycles. The van der Waals surface area contributed by atoms with Crippen LogP contribution in [0.25, 0.3) is 6.08 Å². The van der Waals surface area contributed by atoms with Crippen molar-refractivity contribution in [3.8, 4) is 5.75 Å². The van der Waals surface area contributed by atoms with Crippen molar-refractivity contribution in [3.05, 3.63) is 87.0 Å². The van der Waals surface area contributed by atoms with Gasteiger partial charge < -0.3 is 20.7 Å². The second kappa shape index (κ2) is 13.4. The third kappa shape index (κ3) is 6.74. The molecule has 43 heavy (non-hydrogen) atoms. The maximum atomic E-state index is 14.5. The van der Waals surface area contributed by atoms with E-state index in [-0.39, 0.29) is 30.6 Å². The number of nitrogens with zero attached hydrogens (tertiary/aromatic N) is 2. The fourth-order valence-electron chi connectivity index (χ4n) is 5.87. The molecule has 8 nitrogen and oxygen atoms in total. The van der Waals surface area contributed by atoms with Gasteiger partial charge in [-0.15, -0.1) is 0 Å². The molecule has 1 aromatic carbocycles. The highest BCUT2D eigenvalue weighted by atomic mass is 16.5. The summed E-state index contributed by atoms with van der Waals surface area (Å²) < 4.78 is 5.69. The summed E-state index contributed by atoms with van der Waals surface area (Å²) in [7, 11) is 3.49. The van der Waals surface area contributed by atoms with Crippen LogP contribution in [-0.4, -0.2) is 42.5 Å². The minimum Gasteiger partial charge on any atom is -0.496 e. The first kappa shape index (κ1) is 31.7. The number of aromatic nitrogens is 2. The third-order valence-electron chi connectivity index (χ3n) is 8.39. The number of rotatable bonds is 12. The van der Waals surface area contributed by atoms with E-state index in [1.165, 1.54) is 11.1 Å². The van der Waals surface area contributed by atoms with Gasteiger partial charge in [0.1, 0.15) is 11.2 Å². The summed E-state index contributed by atoms with van der Waals surface area (Å²) in [5.74, 6) is 0.205. The van der Waals surface area contributed by atoms with Gasteiger partial charge in [-0.25, -0.2) is 0 Å². The average Bonchev–Trinajstić information content (AvgIpc) is 3.45. The number of pyridine rings is 2. The normalized spacial score (nSPS) is 13.4. The topological polar surface area (TPSA) is 105 Å². The molecule has 1 atom stereocenters. The van der Waals surface area contributed by atoms with Crippen LogP contribution in [0.2, 0.25) is 0 Å². The number of carbonyl (C=O) groups is 2. The van der Waals surface area contributed by atoms with E-state index in [4.69, 9.17) is 14.7 Å². The predicted molar refractivity (Wildman–Crippen MR) is 172 cm³/mol. The van der Waals surface area contributed by atoms with Crippen LogP contribution in [0.5, 0.6) is 5.75 Å². The minimum atomic E-state index is -1.53. The van der Waals surface area contributed by atoms with E-state index in [0.717, 1.165) is 39.9 Å². The quantitative estimate of drug-likeness (QED) is 0.254. The van der Waals surface area contributed by atoms with E-state index < -0.39 is 5.41 Å². The van der Waals surface area contributed by atoms with Gasteiger partial charge in [0.25, 0.3) is 0 Å². The molecule has 0 bridgehead atoms. The van der Waals surface area contributed by atoms with Crippen LogP contribution < -0.4 is 20.7 Å². The average molecular weight is 584 g/mol. The van der Waals surface area contributed by atoms with E-state index in [1.807, 2.05) is 54.7 Å². The van der Waals surface area contributed by atoms with Crippen LogP contribution in [0.4, 0.5) is 5.69 Å². The Bertz CT molecular complexity index is 1480. The van der Waals surface area contributed by atoms with E-state index in [2.05, 4.69) is 40.2 Å². The van der Waals surface area contributed by atoms with E-state index >= 15 is 0 Å². The molecule has 228 valence electrons. The minimum absolute atomic E-state index is 0.0854. The molecule has 0 spiro atoms. The molecule has 2 amide bonds. The molecule has 0 radical (unpaired) electrons. The fourth-order valence-corrected chi connectivity index (χ4v) is 5.87. The Morgan fingerprint density at radius 2 is 1.60 bits per heavy atom. The second-order valence-corrected chi connectivity index (χ2v) is 12.0. The van der Waals surface area contributed by atoms with Crippen LogP contribution in [0.3, 0.4) is 0 Å². The molecule has 1 aliphatic rings. The number of ether oxygens (including phenoxy) is 1. The molecule has 3 aromatic rings. The van der Waals surface area contributed by atoms with Crippen molar-refractivity contribution >= 4 is 23.6 Å². The van der Waals surface area contributed by atoms with E-state index in [1.54, 1.807) is 19.5 Å². The highest BCUT2D eigenvalue weighted by Gasteiger charge is 2.47. The summed E-state index contributed by atoms with van der Waals surface area (Å²) in [6.45, 7) is 12.6. The third-order valence-corrected chi connectivity index (χ3v) is 8.39. The zero-order chi connectivity index (χ0) is 31.3. The first-order valence-electron chi connectivity index (χ1n) is 15.0. The first-order chi connectivity index (χ1) is 20.5. The van der Waals surface area contributed by atoms with Crippen molar-refractivity contribution in [2.45, 2.75) is 67.3 Å². The first-order valence-corrected chi connectivity index (χ1v) is 15.0. The Kier molecular flexibility index (Phi) is 9.89. The smallest absolute Gasteiger partial charge is 0.236 e. The standard InChI is InChI=1S/C35H45N5O3/c1-21(2)17-39-33(41)35(15-29-24(5)31(36-7)22(3)18-37-29,16-30-25(6)32(43-8)23(4)19-38-30)34(42)40-20-26-12-13-27-10-9-11-28(27)14-26/h9,11-14,18-19,21H,10,15-17,20H2,1-8H3,(H,36,37)(H,39,41)(H,40,42). The van der Waals surface area contributed by atoms with Gasteiger partial charge in [-0.05, 0) is 73.9 Å². The van der Waals surface area contributed by atoms with Crippen molar-refractivity contribution in [3.63, 3.8) is 0 Å². The molecule has 1 unspecified atom stereocenters. The van der Waals surface area contributed by atoms with E-state index in [9.17, 15) is 9.59 Å². The van der Waals surface area contributed by atoms with Crippen molar-refractivity contribution < 1.29 is 14.3 Å². The Labute approximate surface area is 255 Å². The molecule has 0 saturated heterocycles. The molecule has 0 fully saturated rings. The number of hydrogen-bond donors (Lipinski definition) is 3. The van der Waals surface area contributed by atoms with Gasteiger partial charge in [0.05, 0.1) is 7.11 Å². The number of carbonyl (C=O) groups excluding carboxylic acids is 2. The second-order valence-electron chi connectivity index (χ2n) is 12.0. The Morgan fingerprint density at radius 3 is 2.26 bits per heavy atom. The maximum absolute atomic E-state index is 14.5. The van der Waals surface area contributed by atoms with Crippen LogP contribution in [0, 0.1) is 39.0 Å². The highest BCUT2D eigenvalue weighted by Crippen LogP contribution is 2.35. The molecule has 0 saturated carbocycles. The van der Waals surface area contributed by atoms with Gasteiger partial charge in [0.15, 0.2) is 0 Å². The monoisotopic (exact) mass is 583 g/mol. The lowest BCUT2D eigenvalue weighted by atomic mass is 9.75. The summed E-state index contributed by atoms with van der Waals surface area (Å²) in [4.78, 5) is 38.4. The lowest BCUT2D eigenvalue weighted by Gasteiger charge is -2.33. The number of nitrogens with one attached hydrogen (secondary N) is 3. The lowest BCUT2D eigenvalue weighted by molar-refractivity contribution is -0.144. The van der Waals surface area contributed by atoms with Crippen LogP contribution in [0.1, 0.15) is 64.2 Å². The summed E-state index contributed by atoms with van der Waals surface area (Å²) >= 11 is 0. The summed E-state index contributed by atoms with van der Waals surface area (Å²) in [6.07, 6.45) is 8.88. The Hall–Kier alpha value is -4.20. The van der Waals surface area contributed by atoms with Crippen molar-refractivity contribution in [2.75, 3.05) is 26.0 Å². The van der Waals surface area contributed by atoms with Crippen molar-refractivity contribution in [1.29, 1.82) is 0 Å². The van der Waals surface area contributed by atoms with Gasteiger partial charge in [-0.1, -0.05) is 38.1 Å². The number of hydrogen-bond acceptors (Lipinski definition) is 6. The zero-order valence-electron chi connectivity index (χ0n) is 26.8. The number of fused-ring (bicyclic) bond motifs is 1. The molecule has 4 rings (SSSR count). The van der Waals surface area contributed by atoms with Gasteiger partial charge >= 0.3 is 0 Å². The number of anilines is 1. The van der Waals surface area contributed by atoms with Crippen molar-refractivity contribution in [2.24, 2.45) is 11.3 Å².